The van der Waals surface area contributed by atoms with Gasteiger partial charge in [0.1, 0.15) is 0 Å². The van der Waals surface area contributed by atoms with E-state index in [9.17, 15) is 18.0 Å². The van der Waals surface area contributed by atoms with Crippen LogP contribution in [0.4, 0.5) is 13.2 Å². The van der Waals surface area contributed by atoms with Gasteiger partial charge in [0.05, 0.1) is 0 Å². The number of carbonyl (C=O) groups excluding carboxylic acids is 1. The molecule has 1 amide bonds. The summed E-state index contributed by atoms with van der Waals surface area (Å²) in [6.45, 7) is 1.92. The third kappa shape index (κ3) is 3.08. The lowest BCUT2D eigenvalue weighted by molar-refractivity contribution is 0.0881. The van der Waals surface area contributed by atoms with Crippen molar-refractivity contribution in [3.05, 3.63) is 35.1 Å². The molecule has 0 unspecified atom stereocenters. The number of benzene rings is 1. The SMILES string of the molecule is CC1(NC(=O)c2cc(F)c(F)c(F)c2)CCCCC1. The van der Waals surface area contributed by atoms with E-state index in [4.69, 9.17) is 0 Å². The second-order valence-electron chi connectivity index (χ2n) is 5.33. The van der Waals surface area contributed by atoms with Gasteiger partial charge in [0.2, 0.25) is 0 Å². The molecule has 1 aromatic carbocycles. The van der Waals surface area contributed by atoms with E-state index >= 15 is 0 Å². The molecule has 1 saturated carbocycles. The average Bonchev–Trinajstić information content (AvgIpc) is 2.35. The Hall–Kier alpha value is -1.52. The van der Waals surface area contributed by atoms with Gasteiger partial charge in [-0.1, -0.05) is 19.3 Å². The smallest absolute Gasteiger partial charge is 0.251 e. The number of rotatable bonds is 2. The number of hydrogen-bond donors (Lipinski definition) is 1. The van der Waals surface area contributed by atoms with Gasteiger partial charge >= 0.3 is 0 Å². The molecule has 0 aromatic heterocycles. The normalized spacial score (nSPS) is 18.1. The van der Waals surface area contributed by atoms with Crippen molar-refractivity contribution >= 4 is 5.91 Å². The molecule has 0 atom stereocenters. The monoisotopic (exact) mass is 271 g/mol. The molecule has 0 bridgehead atoms. The summed E-state index contributed by atoms with van der Waals surface area (Å²) in [6, 6.07) is 1.44. The number of amides is 1. The van der Waals surface area contributed by atoms with Crippen molar-refractivity contribution in [2.75, 3.05) is 0 Å². The molecule has 2 nitrogen and oxygen atoms in total. The van der Waals surface area contributed by atoms with Crippen molar-refractivity contribution in [3.8, 4) is 0 Å². The van der Waals surface area contributed by atoms with Crippen molar-refractivity contribution in [1.82, 2.24) is 5.32 Å². The van der Waals surface area contributed by atoms with Gasteiger partial charge < -0.3 is 5.32 Å². The Morgan fingerprint density at radius 1 is 1.11 bits per heavy atom. The third-order valence-electron chi connectivity index (χ3n) is 3.62. The van der Waals surface area contributed by atoms with Crippen molar-refractivity contribution in [3.63, 3.8) is 0 Å². The van der Waals surface area contributed by atoms with Crippen LogP contribution in [0.15, 0.2) is 12.1 Å². The Bertz CT molecular complexity index is 472. The molecule has 1 aliphatic carbocycles. The van der Waals surface area contributed by atoms with Gasteiger partial charge in [-0.2, -0.15) is 0 Å². The first-order chi connectivity index (χ1) is 8.91. The lowest BCUT2D eigenvalue weighted by Gasteiger charge is -2.34. The van der Waals surface area contributed by atoms with Crippen LogP contribution >= 0.6 is 0 Å². The second-order valence-corrected chi connectivity index (χ2v) is 5.33. The van der Waals surface area contributed by atoms with E-state index in [-0.39, 0.29) is 11.1 Å². The molecule has 1 fully saturated rings. The lowest BCUT2D eigenvalue weighted by atomic mass is 9.83. The molecule has 0 saturated heterocycles. The van der Waals surface area contributed by atoms with Crippen molar-refractivity contribution in [2.45, 2.75) is 44.6 Å². The van der Waals surface area contributed by atoms with Gasteiger partial charge in [0.15, 0.2) is 17.5 Å². The fourth-order valence-corrected chi connectivity index (χ4v) is 2.49. The van der Waals surface area contributed by atoms with Crippen LogP contribution in [-0.4, -0.2) is 11.4 Å². The van der Waals surface area contributed by atoms with Crippen LogP contribution in [0.5, 0.6) is 0 Å². The highest BCUT2D eigenvalue weighted by Crippen LogP contribution is 2.28. The van der Waals surface area contributed by atoms with E-state index in [2.05, 4.69) is 5.32 Å². The predicted molar refractivity (Wildman–Crippen MR) is 65.3 cm³/mol. The summed E-state index contributed by atoms with van der Waals surface area (Å²) in [6.07, 6.45) is 4.84. The van der Waals surface area contributed by atoms with Crippen LogP contribution in [0, 0.1) is 17.5 Å². The highest BCUT2D eigenvalue weighted by molar-refractivity contribution is 5.94. The summed E-state index contributed by atoms with van der Waals surface area (Å²) in [5, 5.41) is 2.79. The first-order valence-corrected chi connectivity index (χ1v) is 6.38. The average molecular weight is 271 g/mol. The van der Waals surface area contributed by atoms with E-state index in [0.29, 0.717) is 0 Å². The summed E-state index contributed by atoms with van der Waals surface area (Å²) in [4.78, 5) is 12.0. The van der Waals surface area contributed by atoms with E-state index < -0.39 is 23.4 Å². The maximum Gasteiger partial charge on any atom is 0.251 e. The third-order valence-corrected chi connectivity index (χ3v) is 3.62. The zero-order valence-electron chi connectivity index (χ0n) is 10.7. The number of hydrogen-bond acceptors (Lipinski definition) is 1. The summed E-state index contributed by atoms with van der Waals surface area (Å²) < 4.78 is 39.0. The Morgan fingerprint density at radius 2 is 1.63 bits per heavy atom. The molecule has 5 heteroatoms. The molecular formula is C14H16F3NO. The van der Waals surface area contributed by atoms with E-state index in [0.717, 1.165) is 44.2 Å². The zero-order valence-corrected chi connectivity index (χ0v) is 10.7. The minimum absolute atomic E-state index is 0.191. The molecule has 0 radical (unpaired) electrons. The molecule has 1 aromatic rings. The maximum atomic E-state index is 13.1. The van der Waals surface area contributed by atoms with Gasteiger partial charge in [0, 0.05) is 11.1 Å². The fourth-order valence-electron chi connectivity index (χ4n) is 2.49. The van der Waals surface area contributed by atoms with Crippen LogP contribution in [0.1, 0.15) is 49.4 Å². The first-order valence-electron chi connectivity index (χ1n) is 6.38. The number of carbonyl (C=O) groups is 1. The van der Waals surface area contributed by atoms with Crippen molar-refractivity contribution in [2.24, 2.45) is 0 Å². The Kier molecular flexibility index (Phi) is 3.83. The van der Waals surface area contributed by atoms with E-state index in [1.54, 1.807) is 0 Å². The van der Waals surface area contributed by atoms with Gasteiger partial charge in [-0.25, -0.2) is 13.2 Å². The molecule has 0 heterocycles. The molecule has 0 spiro atoms. The molecule has 1 N–H and O–H groups in total. The molecule has 2 rings (SSSR count). The summed E-state index contributed by atoms with van der Waals surface area (Å²) in [5.41, 5.74) is -0.542. The predicted octanol–water partition coefficient (Wildman–Crippen LogP) is 3.56. The standard InChI is InChI=1S/C14H16F3NO/c1-14(5-3-2-4-6-14)18-13(19)9-7-10(15)12(17)11(16)8-9/h7-8H,2-6H2,1H3,(H,18,19). The topological polar surface area (TPSA) is 29.1 Å². The molecule has 104 valence electrons. The Balaban J connectivity index is 2.16. The highest BCUT2D eigenvalue weighted by atomic mass is 19.2. The van der Waals surface area contributed by atoms with Crippen LogP contribution in [-0.2, 0) is 0 Å². The molecule has 0 aliphatic heterocycles. The fraction of sp³-hybridized carbons (Fsp3) is 0.500. The Morgan fingerprint density at radius 3 is 2.16 bits per heavy atom. The molecule has 1 aliphatic rings. The second kappa shape index (κ2) is 5.23. The quantitative estimate of drug-likeness (QED) is 0.819. The van der Waals surface area contributed by atoms with Crippen LogP contribution in [0.2, 0.25) is 0 Å². The van der Waals surface area contributed by atoms with Gasteiger partial charge in [0.25, 0.3) is 5.91 Å². The lowest BCUT2D eigenvalue weighted by Crippen LogP contribution is -2.47. The molecular weight excluding hydrogens is 255 g/mol. The van der Waals surface area contributed by atoms with Crippen molar-refractivity contribution in [1.29, 1.82) is 0 Å². The van der Waals surface area contributed by atoms with E-state index in [1.807, 2.05) is 6.92 Å². The molecule has 19 heavy (non-hydrogen) atoms. The first kappa shape index (κ1) is 13.9. The number of halogens is 3. The van der Waals surface area contributed by atoms with Crippen molar-refractivity contribution < 1.29 is 18.0 Å². The minimum Gasteiger partial charge on any atom is -0.347 e. The van der Waals surface area contributed by atoms with Gasteiger partial charge in [-0.05, 0) is 31.9 Å². The largest absolute Gasteiger partial charge is 0.347 e. The summed E-state index contributed by atoms with van der Waals surface area (Å²) >= 11 is 0. The van der Waals surface area contributed by atoms with Crippen LogP contribution < -0.4 is 5.32 Å². The van der Waals surface area contributed by atoms with Crippen LogP contribution in [0.3, 0.4) is 0 Å². The van der Waals surface area contributed by atoms with Crippen LogP contribution in [0.25, 0.3) is 0 Å². The summed E-state index contributed by atoms with van der Waals surface area (Å²) in [5.74, 6) is -4.82. The van der Waals surface area contributed by atoms with E-state index in [1.165, 1.54) is 0 Å². The summed E-state index contributed by atoms with van der Waals surface area (Å²) in [7, 11) is 0. The zero-order chi connectivity index (χ0) is 14.0. The Labute approximate surface area is 110 Å². The highest BCUT2D eigenvalue weighted by Gasteiger charge is 2.29. The van der Waals surface area contributed by atoms with Gasteiger partial charge in [-0.15, -0.1) is 0 Å². The maximum absolute atomic E-state index is 13.1. The number of nitrogens with one attached hydrogen (secondary N) is 1. The van der Waals surface area contributed by atoms with Gasteiger partial charge in [-0.3, -0.25) is 4.79 Å². The minimum atomic E-state index is -1.56.